The van der Waals surface area contributed by atoms with E-state index >= 15 is 0 Å². The van der Waals surface area contributed by atoms with Gasteiger partial charge in [0.2, 0.25) is 0 Å². The lowest BCUT2D eigenvalue weighted by atomic mass is 9.93. The van der Waals surface area contributed by atoms with E-state index in [1.807, 2.05) is 43.3 Å². The number of anilines is 2. The zero-order valence-electron chi connectivity index (χ0n) is 17.5. The molecule has 0 aliphatic carbocycles. The summed E-state index contributed by atoms with van der Waals surface area (Å²) >= 11 is 1.41. The van der Waals surface area contributed by atoms with Gasteiger partial charge in [-0.25, -0.2) is 4.98 Å². The highest BCUT2D eigenvalue weighted by Gasteiger charge is 2.32. The molecular weight excluding hydrogens is 414 g/mol. The lowest BCUT2D eigenvalue weighted by molar-refractivity contribution is -0.131. The number of rotatable bonds is 6. The van der Waals surface area contributed by atoms with Crippen LogP contribution in [-0.4, -0.2) is 23.2 Å². The van der Waals surface area contributed by atoms with E-state index in [4.69, 9.17) is 25.7 Å². The van der Waals surface area contributed by atoms with Gasteiger partial charge >= 0.3 is 5.97 Å². The van der Waals surface area contributed by atoms with Gasteiger partial charge in [0.05, 0.1) is 4.88 Å². The number of nitrogens with zero attached hydrogens (tertiary/aromatic N) is 1. The third-order valence-electron chi connectivity index (χ3n) is 5.15. The average Bonchev–Trinajstić information content (AvgIpc) is 3.04. The van der Waals surface area contributed by atoms with Crippen LogP contribution >= 0.6 is 11.3 Å². The maximum absolute atomic E-state index is 11.1. The smallest absolute Gasteiger partial charge is 0.308 e. The van der Waals surface area contributed by atoms with Crippen LogP contribution in [0.3, 0.4) is 0 Å². The molecule has 1 aliphatic heterocycles. The van der Waals surface area contributed by atoms with E-state index in [0.717, 1.165) is 40.3 Å². The predicted octanol–water partition coefficient (Wildman–Crippen LogP) is 3.99. The molecule has 8 heteroatoms. The van der Waals surface area contributed by atoms with Crippen LogP contribution < -0.4 is 25.7 Å². The maximum atomic E-state index is 11.1. The molecule has 0 radical (unpaired) electrons. The Morgan fingerprint density at radius 1 is 1.19 bits per heavy atom. The van der Waals surface area contributed by atoms with E-state index in [0.29, 0.717) is 29.7 Å². The molecule has 0 spiro atoms. The number of esters is 1. The summed E-state index contributed by atoms with van der Waals surface area (Å²) in [6, 6.07) is 13.4. The standard InChI is InChI=1S/C23H25N3O4S/c1-14(27)29-18-7-8-19-16(12-18)9-10-23(2,30-19)13-28-17-5-3-15(4-6-17)11-20-21(24)26-22(25)31-20/h3-8,12H,9-11,13,24H2,1-2H3,(H2,25,26). The third kappa shape index (κ3) is 5.08. The number of ether oxygens (including phenoxy) is 3. The molecule has 31 heavy (non-hydrogen) atoms. The number of thiazole rings is 1. The Morgan fingerprint density at radius 2 is 1.94 bits per heavy atom. The van der Waals surface area contributed by atoms with Gasteiger partial charge in [-0.05, 0) is 61.2 Å². The molecule has 0 bridgehead atoms. The fraction of sp³-hybridized carbons (Fsp3) is 0.304. The molecular formula is C23H25N3O4S. The fourth-order valence-electron chi connectivity index (χ4n) is 3.53. The van der Waals surface area contributed by atoms with Crippen molar-refractivity contribution in [3.63, 3.8) is 0 Å². The SMILES string of the molecule is CC(=O)Oc1ccc2c(c1)CCC(C)(COc1ccc(Cc3sc(N)nc3N)cc1)O2. The minimum absolute atomic E-state index is 0.333. The molecule has 3 aromatic rings. The van der Waals surface area contributed by atoms with Crippen LogP contribution in [0.5, 0.6) is 17.2 Å². The first-order valence-corrected chi connectivity index (χ1v) is 10.8. The number of aromatic nitrogens is 1. The first-order chi connectivity index (χ1) is 14.8. The Morgan fingerprint density at radius 3 is 2.61 bits per heavy atom. The number of benzene rings is 2. The minimum atomic E-state index is -0.441. The van der Waals surface area contributed by atoms with Crippen LogP contribution in [0.15, 0.2) is 42.5 Å². The molecule has 162 valence electrons. The van der Waals surface area contributed by atoms with Crippen molar-refractivity contribution in [2.75, 3.05) is 18.1 Å². The van der Waals surface area contributed by atoms with E-state index in [1.165, 1.54) is 18.3 Å². The van der Waals surface area contributed by atoms with Gasteiger partial charge in [-0.3, -0.25) is 4.79 Å². The molecule has 0 fully saturated rings. The topological polar surface area (TPSA) is 110 Å². The number of hydrogen-bond acceptors (Lipinski definition) is 8. The van der Waals surface area contributed by atoms with Crippen LogP contribution in [0.4, 0.5) is 10.9 Å². The highest BCUT2D eigenvalue weighted by atomic mass is 32.1. The van der Waals surface area contributed by atoms with E-state index in [2.05, 4.69) is 4.98 Å². The Labute approximate surface area is 185 Å². The van der Waals surface area contributed by atoms with Gasteiger partial charge in [0.25, 0.3) is 0 Å². The Hall–Kier alpha value is -3.26. The second-order valence-corrected chi connectivity index (χ2v) is 9.00. The van der Waals surface area contributed by atoms with Gasteiger partial charge in [0.1, 0.15) is 35.3 Å². The lowest BCUT2D eigenvalue weighted by Gasteiger charge is -2.35. The number of carbonyl (C=O) groups excluding carboxylic acids is 1. The van der Waals surface area contributed by atoms with Crippen molar-refractivity contribution in [1.29, 1.82) is 0 Å². The van der Waals surface area contributed by atoms with Crippen LogP contribution in [0.1, 0.15) is 36.3 Å². The predicted molar refractivity (Wildman–Crippen MR) is 121 cm³/mol. The number of nitrogens with two attached hydrogens (primary N) is 2. The summed E-state index contributed by atoms with van der Waals surface area (Å²) in [5, 5.41) is 0.484. The largest absolute Gasteiger partial charge is 0.489 e. The third-order valence-corrected chi connectivity index (χ3v) is 6.05. The van der Waals surface area contributed by atoms with Crippen LogP contribution in [-0.2, 0) is 17.6 Å². The normalized spacial score (nSPS) is 17.5. The van der Waals surface area contributed by atoms with Crippen molar-refractivity contribution in [1.82, 2.24) is 4.98 Å². The quantitative estimate of drug-likeness (QED) is 0.441. The molecule has 0 amide bonds. The van der Waals surface area contributed by atoms with Crippen LogP contribution in [0, 0.1) is 0 Å². The van der Waals surface area contributed by atoms with Crippen molar-refractivity contribution in [3.8, 4) is 17.2 Å². The van der Waals surface area contributed by atoms with Crippen molar-refractivity contribution in [2.24, 2.45) is 0 Å². The summed E-state index contributed by atoms with van der Waals surface area (Å²) in [5.41, 5.74) is 13.3. The Balaban J connectivity index is 1.35. The molecule has 1 atom stereocenters. The van der Waals surface area contributed by atoms with Crippen molar-refractivity contribution >= 4 is 28.3 Å². The zero-order valence-corrected chi connectivity index (χ0v) is 18.3. The number of fused-ring (bicyclic) bond motifs is 1. The summed E-state index contributed by atoms with van der Waals surface area (Å²) in [6.07, 6.45) is 2.31. The lowest BCUT2D eigenvalue weighted by Crippen LogP contribution is -2.42. The van der Waals surface area contributed by atoms with Gasteiger partial charge < -0.3 is 25.7 Å². The van der Waals surface area contributed by atoms with Gasteiger partial charge in [-0.1, -0.05) is 23.5 Å². The monoisotopic (exact) mass is 439 g/mol. The van der Waals surface area contributed by atoms with E-state index in [9.17, 15) is 4.79 Å². The number of nitrogen functional groups attached to an aromatic ring is 2. The van der Waals surface area contributed by atoms with Gasteiger partial charge in [0.15, 0.2) is 5.13 Å². The molecule has 0 saturated carbocycles. The molecule has 4 rings (SSSR count). The summed E-state index contributed by atoms with van der Waals surface area (Å²) in [5.74, 6) is 2.27. The van der Waals surface area contributed by atoms with Gasteiger partial charge in [0, 0.05) is 13.3 Å². The van der Waals surface area contributed by atoms with Gasteiger partial charge in [-0.15, -0.1) is 0 Å². The molecule has 7 nitrogen and oxygen atoms in total. The second kappa shape index (κ2) is 8.47. The average molecular weight is 440 g/mol. The summed E-state index contributed by atoms with van der Waals surface area (Å²) in [7, 11) is 0. The highest BCUT2D eigenvalue weighted by molar-refractivity contribution is 7.15. The Kier molecular flexibility index (Phi) is 5.73. The van der Waals surface area contributed by atoms with Crippen molar-refractivity contribution < 1.29 is 19.0 Å². The fourth-order valence-corrected chi connectivity index (χ4v) is 4.32. The van der Waals surface area contributed by atoms with E-state index < -0.39 is 5.60 Å². The van der Waals surface area contributed by atoms with E-state index in [1.54, 1.807) is 6.07 Å². The molecule has 1 aromatic heterocycles. The molecule has 0 saturated heterocycles. The minimum Gasteiger partial charge on any atom is -0.489 e. The highest BCUT2D eigenvalue weighted by Crippen LogP contribution is 2.36. The first kappa shape index (κ1) is 21.0. The molecule has 1 unspecified atom stereocenters. The first-order valence-electron chi connectivity index (χ1n) is 10.0. The van der Waals surface area contributed by atoms with Crippen molar-refractivity contribution in [3.05, 3.63) is 58.5 Å². The molecule has 2 heterocycles. The zero-order chi connectivity index (χ0) is 22.0. The number of hydrogen-bond donors (Lipinski definition) is 2. The molecule has 1 aliphatic rings. The molecule has 4 N–H and O–H groups in total. The Bertz CT molecular complexity index is 1100. The maximum Gasteiger partial charge on any atom is 0.308 e. The molecule has 2 aromatic carbocycles. The second-order valence-electron chi connectivity index (χ2n) is 7.89. The van der Waals surface area contributed by atoms with Crippen molar-refractivity contribution in [2.45, 2.75) is 38.7 Å². The van der Waals surface area contributed by atoms with E-state index in [-0.39, 0.29) is 5.97 Å². The summed E-state index contributed by atoms with van der Waals surface area (Å²) in [4.78, 5) is 16.2. The number of aryl methyl sites for hydroxylation is 1. The van der Waals surface area contributed by atoms with Gasteiger partial charge in [-0.2, -0.15) is 0 Å². The summed E-state index contributed by atoms with van der Waals surface area (Å²) in [6.45, 7) is 3.86. The number of carbonyl (C=O) groups is 1. The summed E-state index contributed by atoms with van der Waals surface area (Å²) < 4.78 is 17.4. The van der Waals surface area contributed by atoms with Crippen LogP contribution in [0.2, 0.25) is 0 Å². The van der Waals surface area contributed by atoms with Crippen LogP contribution in [0.25, 0.3) is 0 Å².